The minimum atomic E-state index is -3.98. The molecule has 8 heteroatoms. The topological polar surface area (TPSA) is 89.3 Å². The van der Waals surface area contributed by atoms with Crippen molar-refractivity contribution in [3.63, 3.8) is 0 Å². The SMILES string of the molecule is CCCCNC(=O)c1cc(Br)cc(S(N)(=O)=O)c1Cl. The summed E-state index contributed by atoms with van der Waals surface area (Å²) in [4.78, 5) is 11.6. The predicted octanol–water partition coefficient (Wildman–Crippen LogP) is 2.28. The Bertz CT molecular complexity index is 590. The second-order valence-electron chi connectivity index (χ2n) is 3.92. The molecule has 0 bridgehead atoms. The summed E-state index contributed by atoms with van der Waals surface area (Å²) in [6, 6.07) is 2.72. The van der Waals surface area contributed by atoms with Gasteiger partial charge in [-0.25, -0.2) is 13.6 Å². The van der Waals surface area contributed by atoms with Gasteiger partial charge in [-0.15, -0.1) is 0 Å². The van der Waals surface area contributed by atoms with Gasteiger partial charge in [0.05, 0.1) is 10.6 Å². The first-order valence-corrected chi connectivity index (χ1v) is 8.29. The zero-order valence-electron chi connectivity index (χ0n) is 10.2. The Morgan fingerprint density at radius 3 is 2.63 bits per heavy atom. The maximum Gasteiger partial charge on any atom is 0.252 e. The largest absolute Gasteiger partial charge is 0.352 e. The monoisotopic (exact) mass is 368 g/mol. The Kier molecular flexibility index (Phi) is 5.79. The molecule has 0 aliphatic carbocycles. The number of nitrogens with one attached hydrogen (secondary N) is 1. The van der Waals surface area contributed by atoms with Crippen LogP contribution >= 0.6 is 27.5 Å². The maximum absolute atomic E-state index is 11.9. The summed E-state index contributed by atoms with van der Waals surface area (Å²) in [5, 5.41) is 7.55. The van der Waals surface area contributed by atoms with Gasteiger partial charge in [0.25, 0.3) is 5.91 Å². The molecule has 3 N–H and O–H groups in total. The molecule has 19 heavy (non-hydrogen) atoms. The van der Waals surface area contributed by atoms with Gasteiger partial charge in [-0.2, -0.15) is 0 Å². The number of halogens is 2. The van der Waals surface area contributed by atoms with Gasteiger partial charge in [0.15, 0.2) is 0 Å². The van der Waals surface area contributed by atoms with Crippen molar-refractivity contribution in [1.82, 2.24) is 5.32 Å². The van der Waals surface area contributed by atoms with Gasteiger partial charge in [-0.3, -0.25) is 4.79 Å². The number of carbonyl (C=O) groups is 1. The first-order chi connectivity index (χ1) is 8.77. The van der Waals surface area contributed by atoms with Crippen LogP contribution in [0.4, 0.5) is 0 Å². The minimum Gasteiger partial charge on any atom is -0.352 e. The van der Waals surface area contributed by atoms with Crippen molar-refractivity contribution in [1.29, 1.82) is 0 Å². The Hall–Kier alpha value is -0.630. The average Bonchev–Trinajstić information content (AvgIpc) is 2.30. The number of hydrogen-bond donors (Lipinski definition) is 2. The van der Waals surface area contributed by atoms with Crippen molar-refractivity contribution in [3.8, 4) is 0 Å². The smallest absolute Gasteiger partial charge is 0.252 e. The molecule has 0 saturated carbocycles. The lowest BCUT2D eigenvalue weighted by Gasteiger charge is -2.10. The number of rotatable bonds is 5. The molecule has 0 aliphatic rings. The van der Waals surface area contributed by atoms with Crippen LogP contribution in [0.1, 0.15) is 30.1 Å². The van der Waals surface area contributed by atoms with Crippen LogP contribution in [-0.4, -0.2) is 20.9 Å². The molecule has 1 rings (SSSR count). The summed E-state index contributed by atoms with van der Waals surface area (Å²) in [5.74, 6) is -0.426. The van der Waals surface area contributed by atoms with Gasteiger partial charge in [-0.05, 0) is 18.6 Å². The van der Waals surface area contributed by atoms with Crippen LogP contribution in [0.15, 0.2) is 21.5 Å². The number of carbonyl (C=O) groups excluding carboxylic acids is 1. The van der Waals surface area contributed by atoms with Crippen LogP contribution in [0, 0.1) is 0 Å². The highest BCUT2D eigenvalue weighted by molar-refractivity contribution is 9.10. The van der Waals surface area contributed by atoms with Crippen molar-refractivity contribution < 1.29 is 13.2 Å². The summed E-state index contributed by atoms with van der Waals surface area (Å²) < 4.78 is 23.2. The van der Waals surface area contributed by atoms with E-state index in [0.717, 1.165) is 12.8 Å². The molecule has 0 unspecified atom stereocenters. The molecule has 5 nitrogen and oxygen atoms in total. The van der Waals surface area contributed by atoms with Crippen LogP contribution in [0.3, 0.4) is 0 Å². The Morgan fingerprint density at radius 1 is 1.47 bits per heavy atom. The van der Waals surface area contributed by atoms with Gasteiger partial charge >= 0.3 is 0 Å². The fraction of sp³-hybridized carbons (Fsp3) is 0.364. The van der Waals surface area contributed by atoms with Crippen molar-refractivity contribution in [2.75, 3.05) is 6.54 Å². The number of sulfonamides is 1. The first kappa shape index (κ1) is 16.4. The molecule has 0 aliphatic heterocycles. The number of hydrogen-bond acceptors (Lipinski definition) is 3. The van der Waals surface area contributed by atoms with E-state index in [-0.39, 0.29) is 15.5 Å². The third-order valence-corrected chi connectivity index (χ3v) is 4.28. The van der Waals surface area contributed by atoms with Crippen molar-refractivity contribution in [2.45, 2.75) is 24.7 Å². The number of nitrogens with two attached hydrogens (primary N) is 1. The van der Waals surface area contributed by atoms with Crippen molar-refractivity contribution in [2.24, 2.45) is 5.14 Å². The van der Waals surface area contributed by atoms with E-state index in [0.29, 0.717) is 11.0 Å². The number of primary sulfonamides is 1. The molecule has 0 aromatic heterocycles. The van der Waals surface area contributed by atoms with Crippen molar-refractivity contribution in [3.05, 3.63) is 27.2 Å². The van der Waals surface area contributed by atoms with E-state index >= 15 is 0 Å². The van der Waals surface area contributed by atoms with Crippen LogP contribution in [0.2, 0.25) is 5.02 Å². The fourth-order valence-electron chi connectivity index (χ4n) is 1.41. The highest BCUT2D eigenvalue weighted by Crippen LogP contribution is 2.28. The molecule has 0 spiro atoms. The second-order valence-corrected chi connectivity index (χ2v) is 6.74. The summed E-state index contributed by atoms with van der Waals surface area (Å²) in [6.45, 7) is 2.50. The lowest BCUT2D eigenvalue weighted by molar-refractivity contribution is 0.0953. The fourth-order valence-corrected chi connectivity index (χ4v) is 3.19. The van der Waals surface area contributed by atoms with Gasteiger partial charge in [0.2, 0.25) is 10.0 Å². The second kappa shape index (κ2) is 6.69. The predicted molar refractivity (Wildman–Crippen MR) is 77.8 cm³/mol. The molecule has 0 fully saturated rings. The van der Waals surface area contributed by atoms with E-state index in [2.05, 4.69) is 21.2 Å². The summed E-state index contributed by atoms with van der Waals surface area (Å²) in [7, 11) is -3.98. The molecule has 1 aromatic rings. The number of amides is 1. The van der Waals surface area contributed by atoms with E-state index in [9.17, 15) is 13.2 Å². The summed E-state index contributed by atoms with van der Waals surface area (Å²) in [5.41, 5.74) is 0.0798. The van der Waals surface area contributed by atoms with Crippen LogP contribution in [0.25, 0.3) is 0 Å². The van der Waals surface area contributed by atoms with Crippen molar-refractivity contribution >= 4 is 43.5 Å². The van der Waals surface area contributed by atoms with E-state index in [1.807, 2.05) is 6.92 Å². The zero-order valence-corrected chi connectivity index (χ0v) is 13.4. The lowest BCUT2D eigenvalue weighted by atomic mass is 10.2. The summed E-state index contributed by atoms with van der Waals surface area (Å²) >= 11 is 9.06. The third kappa shape index (κ3) is 4.45. The minimum absolute atomic E-state index is 0.0798. The van der Waals surface area contributed by atoms with Crippen LogP contribution < -0.4 is 10.5 Å². The molecule has 0 saturated heterocycles. The van der Waals surface area contributed by atoms with Gasteiger partial charge in [0, 0.05) is 11.0 Å². The van der Waals surface area contributed by atoms with Gasteiger partial charge in [0.1, 0.15) is 4.90 Å². The zero-order chi connectivity index (χ0) is 14.6. The standard InChI is InChI=1S/C11H14BrClN2O3S/c1-2-3-4-15-11(16)8-5-7(12)6-9(10(8)13)19(14,17)18/h5-6H,2-4H2,1H3,(H,15,16)(H2,14,17,18). The van der Waals surface area contributed by atoms with Crippen LogP contribution in [0.5, 0.6) is 0 Å². The molecule has 0 radical (unpaired) electrons. The lowest BCUT2D eigenvalue weighted by Crippen LogP contribution is -2.25. The Morgan fingerprint density at radius 2 is 2.11 bits per heavy atom. The number of benzene rings is 1. The molecule has 0 heterocycles. The molecular weight excluding hydrogens is 356 g/mol. The third-order valence-electron chi connectivity index (χ3n) is 2.37. The normalized spacial score (nSPS) is 11.4. The molecule has 0 atom stereocenters. The molecular formula is C11H14BrClN2O3S. The first-order valence-electron chi connectivity index (χ1n) is 5.57. The maximum atomic E-state index is 11.9. The van der Waals surface area contributed by atoms with E-state index in [1.54, 1.807) is 0 Å². The number of unbranched alkanes of at least 4 members (excludes halogenated alkanes) is 1. The average molecular weight is 370 g/mol. The van der Waals surface area contributed by atoms with E-state index in [1.165, 1.54) is 12.1 Å². The van der Waals surface area contributed by atoms with E-state index in [4.69, 9.17) is 16.7 Å². The quantitative estimate of drug-likeness (QED) is 0.780. The van der Waals surface area contributed by atoms with Gasteiger partial charge in [-0.1, -0.05) is 40.9 Å². The Balaban J connectivity index is 3.15. The Labute approximate surface area is 125 Å². The summed E-state index contributed by atoms with van der Waals surface area (Å²) in [6.07, 6.45) is 1.77. The highest BCUT2D eigenvalue weighted by Gasteiger charge is 2.20. The van der Waals surface area contributed by atoms with E-state index < -0.39 is 15.9 Å². The highest BCUT2D eigenvalue weighted by atomic mass is 79.9. The van der Waals surface area contributed by atoms with Gasteiger partial charge < -0.3 is 5.32 Å². The van der Waals surface area contributed by atoms with Crippen LogP contribution in [-0.2, 0) is 10.0 Å². The molecule has 1 amide bonds. The molecule has 1 aromatic carbocycles. The molecule has 106 valence electrons.